The maximum absolute atomic E-state index is 6.97. The number of hydrogen-bond acceptors (Lipinski definition) is 2. The number of nitrogens with zero attached hydrogens (tertiary/aromatic N) is 1. The highest BCUT2D eigenvalue weighted by atomic mass is 16.5. The third kappa shape index (κ3) is 5.20. The highest BCUT2D eigenvalue weighted by molar-refractivity contribution is 5.81. The Morgan fingerprint density at radius 2 is 0.929 bits per heavy atom. The first kappa shape index (κ1) is 34.2. The molecule has 0 aromatic heterocycles. The Morgan fingerprint density at radius 3 is 1.59 bits per heavy atom. The monoisotopic (exact) mass is 731 g/mol. The molecule has 280 valence electrons. The van der Waals surface area contributed by atoms with Gasteiger partial charge in [0.25, 0.3) is 0 Å². The molecule has 0 saturated heterocycles. The van der Waals surface area contributed by atoms with Gasteiger partial charge in [-0.3, -0.25) is 0 Å². The van der Waals surface area contributed by atoms with Crippen LogP contribution in [0.4, 0.5) is 17.1 Å². The third-order valence-corrected chi connectivity index (χ3v) is 15.2. The van der Waals surface area contributed by atoms with E-state index in [0.29, 0.717) is 11.8 Å². The lowest BCUT2D eigenvalue weighted by molar-refractivity contribution is -0.0452. The molecule has 0 N–H and O–H groups in total. The van der Waals surface area contributed by atoms with Crippen LogP contribution in [-0.2, 0) is 16.2 Å². The Balaban J connectivity index is 1.02. The molecule has 12 rings (SSSR count). The molecular weight excluding hydrogens is 679 g/mol. The molecule has 1 aliphatic heterocycles. The van der Waals surface area contributed by atoms with Gasteiger partial charge >= 0.3 is 0 Å². The molecule has 4 bridgehead atoms. The zero-order chi connectivity index (χ0) is 37.8. The quantitative estimate of drug-likeness (QED) is 0.175. The van der Waals surface area contributed by atoms with Crippen LogP contribution in [0.25, 0.3) is 22.3 Å². The zero-order valence-electron chi connectivity index (χ0n) is 33.4. The molecule has 4 saturated carbocycles. The summed E-state index contributed by atoms with van der Waals surface area (Å²) in [4.78, 5) is 2.42. The summed E-state index contributed by atoms with van der Waals surface area (Å²) in [6.07, 6.45) is 9.32. The molecule has 5 aliphatic carbocycles. The van der Waals surface area contributed by atoms with E-state index in [1.807, 2.05) is 0 Å². The first-order valence-electron chi connectivity index (χ1n) is 21.3. The van der Waals surface area contributed by atoms with E-state index >= 15 is 0 Å². The van der Waals surface area contributed by atoms with Crippen molar-refractivity contribution in [1.82, 2.24) is 0 Å². The smallest absolute Gasteiger partial charge is 0.133 e. The van der Waals surface area contributed by atoms with E-state index in [9.17, 15) is 0 Å². The SMILES string of the molecule is CC1(C)CCC(C)(C)c2cc(-c3ccc(N(c4ccc(-c5ccccc5)cc4)c4ccc5c(c4)Oc4ccccc4C54C5CC6CC(C5)CC4C6)cc3)ccc21. The van der Waals surface area contributed by atoms with Gasteiger partial charge in [-0.05, 0) is 149 Å². The average molecular weight is 732 g/mol. The lowest BCUT2D eigenvalue weighted by Crippen LogP contribution is -2.56. The predicted octanol–water partition coefficient (Wildman–Crippen LogP) is 14.7. The van der Waals surface area contributed by atoms with E-state index in [1.54, 1.807) is 0 Å². The highest BCUT2D eigenvalue weighted by Crippen LogP contribution is 2.69. The Kier molecular flexibility index (Phi) is 7.61. The summed E-state index contributed by atoms with van der Waals surface area (Å²) in [5.41, 5.74) is 14.7. The second-order valence-corrected chi connectivity index (χ2v) is 19.3. The fourth-order valence-electron chi connectivity index (χ4n) is 12.5. The molecule has 1 heterocycles. The summed E-state index contributed by atoms with van der Waals surface area (Å²) < 4.78 is 6.97. The third-order valence-electron chi connectivity index (χ3n) is 15.2. The van der Waals surface area contributed by atoms with Crippen molar-refractivity contribution < 1.29 is 4.74 Å². The summed E-state index contributed by atoms with van der Waals surface area (Å²) in [5, 5.41) is 0. The van der Waals surface area contributed by atoms with Crippen LogP contribution in [0.15, 0.2) is 140 Å². The van der Waals surface area contributed by atoms with Gasteiger partial charge in [-0.25, -0.2) is 0 Å². The molecule has 2 nitrogen and oxygen atoms in total. The zero-order valence-corrected chi connectivity index (χ0v) is 33.4. The van der Waals surface area contributed by atoms with Crippen molar-refractivity contribution in [2.45, 2.75) is 88.9 Å². The molecule has 1 spiro atoms. The molecule has 6 aliphatic rings. The minimum atomic E-state index is 0.0403. The van der Waals surface area contributed by atoms with Gasteiger partial charge in [0, 0.05) is 39.7 Å². The molecule has 0 radical (unpaired) electrons. The first-order chi connectivity index (χ1) is 27.2. The van der Waals surface area contributed by atoms with E-state index < -0.39 is 0 Å². The van der Waals surface area contributed by atoms with Crippen molar-refractivity contribution in [3.63, 3.8) is 0 Å². The number of hydrogen-bond donors (Lipinski definition) is 0. The fourth-order valence-corrected chi connectivity index (χ4v) is 12.5. The lowest BCUT2D eigenvalue weighted by atomic mass is 9.42. The molecule has 56 heavy (non-hydrogen) atoms. The van der Waals surface area contributed by atoms with Gasteiger partial charge in [0.2, 0.25) is 0 Å². The lowest BCUT2D eigenvalue weighted by Gasteiger charge is -2.63. The second kappa shape index (κ2) is 12.5. The van der Waals surface area contributed by atoms with Gasteiger partial charge in [-0.15, -0.1) is 0 Å². The Hall–Kier alpha value is -5.08. The van der Waals surface area contributed by atoms with Crippen molar-refractivity contribution in [1.29, 1.82) is 0 Å². The summed E-state index contributed by atoms with van der Waals surface area (Å²) in [5.74, 6) is 5.27. The van der Waals surface area contributed by atoms with E-state index in [0.717, 1.165) is 40.4 Å². The fraction of sp³-hybridized carbons (Fsp3) is 0.333. The van der Waals surface area contributed by atoms with Crippen molar-refractivity contribution >= 4 is 17.1 Å². The van der Waals surface area contributed by atoms with Crippen LogP contribution in [0.1, 0.15) is 94.9 Å². The van der Waals surface area contributed by atoms with Gasteiger partial charge in [0.15, 0.2) is 0 Å². The Bertz CT molecular complexity index is 2430. The Labute approximate surface area is 333 Å². The van der Waals surface area contributed by atoms with Crippen molar-refractivity contribution in [3.8, 4) is 33.8 Å². The predicted molar refractivity (Wildman–Crippen MR) is 232 cm³/mol. The second-order valence-electron chi connectivity index (χ2n) is 19.3. The first-order valence-corrected chi connectivity index (χ1v) is 21.3. The molecule has 2 heteroatoms. The topological polar surface area (TPSA) is 12.5 Å². The minimum absolute atomic E-state index is 0.0403. The molecule has 0 unspecified atom stereocenters. The van der Waals surface area contributed by atoms with E-state index in [1.165, 1.54) is 89.5 Å². The van der Waals surface area contributed by atoms with Crippen molar-refractivity contribution in [2.75, 3.05) is 4.90 Å². The standard InChI is InChI=1S/C54H53NO/c1-52(2)26-27-53(3,4)49-33-40(18-24-46(49)52)39-16-21-44(22-17-39)55(43-19-14-38(15-20-43)37-10-6-5-7-11-37)45-23-25-48-51(34-45)56-50-13-9-8-12-47(50)54(48)41-29-35-28-36(31-41)32-42(54)30-35/h5-25,33-36,41-42H,26-32H2,1-4H3. The van der Waals surface area contributed by atoms with Gasteiger partial charge in [-0.2, -0.15) is 0 Å². The average Bonchev–Trinajstić information content (AvgIpc) is 3.22. The highest BCUT2D eigenvalue weighted by Gasteiger charge is 2.61. The molecule has 0 atom stereocenters. The van der Waals surface area contributed by atoms with Gasteiger partial charge < -0.3 is 9.64 Å². The number of anilines is 3. The van der Waals surface area contributed by atoms with Crippen LogP contribution in [0, 0.1) is 23.7 Å². The van der Waals surface area contributed by atoms with Crippen LogP contribution in [0.2, 0.25) is 0 Å². The van der Waals surface area contributed by atoms with Gasteiger partial charge in [0.05, 0.1) is 0 Å². The van der Waals surface area contributed by atoms with Crippen LogP contribution in [0.5, 0.6) is 11.5 Å². The molecule has 6 aromatic carbocycles. The van der Waals surface area contributed by atoms with E-state index in [2.05, 4.69) is 172 Å². The van der Waals surface area contributed by atoms with Crippen LogP contribution in [0.3, 0.4) is 0 Å². The van der Waals surface area contributed by atoms with E-state index in [4.69, 9.17) is 4.74 Å². The van der Waals surface area contributed by atoms with Crippen LogP contribution in [-0.4, -0.2) is 0 Å². The van der Waals surface area contributed by atoms with E-state index in [-0.39, 0.29) is 16.2 Å². The summed E-state index contributed by atoms with van der Waals surface area (Å²) in [6, 6.07) is 52.4. The number of ether oxygens (including phenoxy) is 1. The summed E-state index contributed by atoms with van der Waals surface area (Å²) >= 11 is 0. The largest absolute Gasteiger partial charge is 0.457 e. The normalized spacial score (nSPS) is 25.9. The number of fused-ring (bicyclic) bond motifs is 3. The molecular formula is C54H53NO. The van der Waals surface area contributed by atoms with Crippen molar-refractivity contribution in [2.24, 2.45) is 23.7 Å². The minimum Gasteiger partial charge on any atom is -0.457 e. The Morgan fingerprint density at radius 1 is 0.429 bits per heavy atom. The number of rotatable bonds is 5. The van der Waals surface area contributed by atoms with Crippen LogP contribution < -0.4 is 9.64 Å². The molecule has 6 aromatic rings. The summed E-state index contributed by atoms with van der Waals surface area (Å²) in [7, 11) is 0. The van der Waals surface area contributed by atoms with Crippen LogP contribution >= 0.6 is 0 Å². The maximum atomic E-state index is 6.97. The van der Waals surface area contributed by atoms with Gasteiger partial charge in [0.1, 0.15) is 11.5 Å². The number of benzene rings is 6. The maximum Gasteiger partial charge on any atom is 0.133 e. The summed E-state index contributed by atoms with van der Waals surface area (Å²) in [6.45, 7) is 9.65. The number of para-hydroxylation sites is 1. The molecule has 0 amide bonds. The van der Waals surface area contributed by atoms with Gasteiger partial charge in [-0.1, -0.05) is 125 Å². The molecule has 4 fully saturated rings. The van der Waals surface area contributed by atoms with Crippen molar-refractivity contribution in [3.05, 3.63) is 162 Å².